The lowest BCUT2D eigenvalue weighted by Gasteiger charge is -2.05. The molecule has 0 aliphatic heterocycles. The Hall–Kier alpha value is -3.13. The van der Waals surface area contributed by atoms with Gasteiger partial charge in [-0.05, 0) is 36.4 Å². The molecule has 0 aliphatic carbocycles. The lowest BCUT2D eigenvalue weighted by molar-refractivity contribution is -0.114. The Morgan fingerprint density at radius 3 is 2.58 bits per heavy atom. The molecule has 3 rings (SSSR count). The minimum absolute atomic E-state index is 0.237. The highest BCUT2D eigenvalue weighted by atomic mass is 32.1. The Kier molecular flexibility index (Phi) is 5.04. The lowest BCUT2D eigenvalue weighted by Crippen LogP contribution is -2.13. The fourth-order valence-electron chi connectivity index (χ4n) is 2.23. The topological polar surface area (TPSA) is 71.1 Å². The number of rotatable bonds is 4. The van der Waals surface area contributed by atoms with Gasteiger partial charge in [0.05, 0.1) is 5.69 Å². The molecular formula is C18H13F2N3O2S. The van der Waals surface area contributed by atoms with Crippen molar-refractivity contribution in [1.82, 2.24) is 4.98 Å². The quantitative estimate of drug-likeness (QED) is 0.716. The average Bonchev–Trinajstić information content (AvgIpc) is 3.05. The Bertz CT molecular complexity index is 988. The van der Waals surface area contributed by atoms with Gasteiger partial charge in [0.1, 0.15) is 0 Å². The molecule has 2 amide bonds. The number of carbonyl (C=O) groups is 2. The monoisotopic (exact) mass is 373 g/mol. The minimum atomic E-state index is -0.962. The molecule has 8 heteroatoms. The predicted octanol–water partition coefficient (Wildman–Crippen LogP) is 4.30. The summed E-state index contributed by atoms with van der Waals surface area (Å²) in [6, 6.07) is 9.95. The van der Waals surface area contributed by atoms with E-state index in [2.05, 4.69) is 15.6 Å². The molecule has 0 radical (unpaired) electrons. The van der Waals surface area contributed by atoms with Gasteiger partial charge >= 0.3 is 0 Å². The molecule has 3 aromatic rings. The number of carbonyl (C=O) groups excluding carboxylic acids is 2. The van der Waals surface area contributed by atoms with Crippen LogP contribution in [0.25, 0.3) is 11.3 Å². The zero-order valence-corrected chi connectivity index (χ0v) is 14.4. The summed E-state index contributed by atoms with van der Waals surface area (Å²) in [6.07, 6.45) is 0. The molecule has 0 bridgehead atoms. The van der Waals surface area contributed by atoms with Gasteiger partial charge in [0.2, 0.25) is 5.91 Å². The van der Waals surface area contributed by atoms with Crippen LogP contribution in [0.1, 0.15) is 17.3 Å². The van der Waals surface area contributed by atoms with Crippen LogP contribution in [0, 0.1) is 11.6 Å². The van der Waals surface area contributed by atoms with E-state index in [0.717, 1.165) is 23.5 Å². The second-order valence-corrected chi connectivity index (χ2v) is 6.24. The lowest BCUT2D eigenvalue weighted by atomic mass is 10.2. The molecule has 0 saturated heterocycles. The number of anilines is 2. The molecule has 0 fully saturated rings. The van der Waals surface area contributed by atoms with Gasteiger partial charge in [0.15, 0.2) is 16.8 Å². The fourth-order valence-corrected chi connectivity index (χ4v) is 2.94. The van der Waals surface area contributed by atoms with Crippen LogP contribution in [0.3, 0.4) is 0 Å². The van der Waals surface area contributed by atoms with Crippen molar-refractivity contribution in [3.63, 3.8) is 0 Å². The van der Waals surface area contributed by atoms with Crippen molar-refractivity contribution < 1.29 is 18.4 Å². The molecule has 0 spiro atoms. The van der Waals surface area contributed by atoms with Gasteiger partial charge in [-0.25, -0.2) is 13.8 Å². The average molecular weight is 373 g/mol. The van der Waals surface area contributed by atoms with Crippen LogP contribution in [-0.4, -0.2) is 16.8 Å². The number of hydrogen-bond donors (Lipinski definition) is 2. The molecule has 1 aromatic heterocycles. The molecule has 0 atom stereocenters. The first-order chi connectivity index (χ1) is 12.4. The fraction of sp³-hybridized carbons (Fsp3) is 0.0556. The molecule has 5 nitrogen and oxygen atoms in total. The van der Waals surface area contributed by atoms with Crippen LogP contribution in [-0.2, 0) is 4.79 Å². The maximum atomic E-state index is 13.3. The molecule has 0 aliphatic rings. The van der Waals surface area contributed by atoms with Gasteiger partial charge in [0.25, 0.3) is 5.91 Å². The zero-order chi connectivity index (χ0) is 18.7. The summed E-state index contributed by atoms with van der Waals surface area (Å²) < 4.78 is 26.3. The van der Waals surface area contributed by atoms with Gasteiger partial charge in [0, 0.05) is 29.1 Å². The van der Waals surface area contributed by atoms with Crippen molar-refractivity contribution in [3.8, 4) is 11.3 Å². The number of benzene rings is 2. The highest BCUT2D eigenvalue weighted by molar-refractivity contribution is 7.14. The third-order valence-electron chi connectivity index (χ3n) is 3.39. The number of amides is 2. The SMILES string of the molecule is CC(=O)Nc1cccc(C(=O)Nc2nc(-c3ccc(F)c(F)c3)cs2)c1. The van der Waals surface area contributed by atoms with E-state index in [1.807, 2.05) is 0 Å². The Morgan fingerprint density at radius 2 is 1.85 bits per heavy atom. The first kappa shape index (κ1) is 17.7. The molecule has 132 valence electrons. The van der Waals surface area contributed by atoms with Gasteiger partial charge in [-0.2, -0.15) is 0 Å². The number of nitrogens with one attached hydrogen (secondary N) is 2. The van der Waals surface area contributed by atoms with E-state index in [4.69, 9.17) is 0 Å². The van der Waals surface area contributed by atoms with Crippen molar-refractivity contribution in [1.29, 1.82) is 0 Å². The van der Waals surface area contributed by atoms with E-state index >= 15 is 0 Å². The minimum Gasteiger partial charge on any atom is -0.326 e. The molecule has 2 N–H and O–H groups in total. The van der Waals surface area contributed by atoms with E-state index in [9.17, 15) is 18.4 Å². The molecule has 2 aromatic carbocycles. The first-order valence-corrected chi connectivity index (χ1v) is 8.40. The Balaban J connectivity index is 1.75. The normalized spacial score (nSPS) is 10.4. The van der Waals surface area contributed by atoms with Crippen molar-refractivity contribution in [2.24, 2.45) is 0 Å². The van der Waals surface area contributed by atoms with Crippen molar-refractivity contribution in [3.05, 3.63) is 65.0 Å². The van der Waals surface area contributed by atoms with Crippen molar-refractivity contribution in [2.45, 2.75) is 6.92 Å². The maximum absolute atomic E-state index is 13.3. The number of thiazole rings is 1. The summed E-state index contributed by atoms with van der Waals surface area (Å²) in [5.74, 6) is -2.53. The van der Waals surface area contributed by atoms with Gasteiger partial charge < -0.3 is 5.32 Å². The highest BCUT2D eigenvalue weighted by Gasteiger charge is 2.12. The summed E-state index contributed by atoms with van der Waals surface area (Å²) in [5.41, 5.74) is 1.69. The third-order valence-corrected chi connectivity index (χ3v) is 4.14. The number of nitrogens with zero attached hydrogens (tertiary/aromatic N) is 1. The maximum Gasteiger partial charge on any atom is 0.257 e. The molecule has 26 heavy (non-hydrogen) atoms. The number of aromatic nitrogens is 1. The van der Waals surface area contributed by atoms with Gasteiger partial charge in [-0.15, -0.1) is 11.3 Å². The van der Waals surface area contributed by atoms with E-state index in [1.54, 1.807) is 29.6 Å². The largest absolute Gasteiger partial charge is 0.326 e. The Morgan fingerprint density at radius 1 is 1.04 bits per heavy atom. The van der Waals surface area contributed by atoms with Gasteiger partial charge in [-0.3, -0.25) is 14.9 Å². The second-order valence-electron chi connectivity index (χ2n) is 5.38. The zero-order valence-electron chi connectivity index (χ0n) is 13.5. The van der Waals surface area contributed by atoms with Crippen LogP contribution in [0.15, 0.2) is 47.8 Å². The number of hydrogen-bond acceptors (Lipinski definition) is 4. The van der Waals surface area contributed by atoms with Crippen molar-refractivity contribution in [2.75, 3.05) is 10.6 Å². The van der Waals surface area contributed by atoms with E-state index in [0.29, 0.717) is 27.6 Å². The first-order valence-electron chi connectivity index (χ1n) is 7.52. The van der Waals surface area contributed by atoms with E-state index in [-0.39, 0.29) is 5.91 Å². The molecule has 0 unspecified atom stereocenters. The smallest absolute Gasteiger partial charge is 0.257 e. The summed E-state index contributed by atoms with van der Waals surface area (Å²) in [5, 5.41) is 7.20. The van der Waals surface area contributed by atoms with Crippen LogP contribution < -0.4 is 10.6 Å². The summed E-state index contributed by atoms with van der Waals surface area (Å²) in [6.45, 7) is 1.38. The predicted molar refractivity (Wildman–Crippen MR) is 96.2 cm³/mol. The van der Waals surface area contributed by atoms with Crippen molar-refractivity contribution >= 4 is 34.0 Å². The highest BCUT2D eigenvalue weighted by Crippen LogP contribution is 2.26. The number of halogens is 2. The molecule has 0 saturated carbocycles. The van der Waals surface area contributed by atoms with Crippen LogP contribution in [0.5, 0.6) is 0 Å². The summed E-state index contributed by atoms with van der Waals surface area (Å²) >= 11 is 1.16. The summed E-state index contributed by atoms with van der Waals surface area (Å²) in [4.78, 5) is 27.6. The molecular weight excluding hydrogens is 360 g/mol. The summed E-state index contributed by atoms with van der Waals surface area (Å²) in [7, 11) is 0. The molecule has 1 heterocycles. The van der Waals surface area contributed by atoms with E-state index in [1.165, 1.54) is 13.0 Å². The Labute approximate surface area is 151 Å². The van der Waals surface area contributed by atoms with E-state index < -0.39 is 17.5 Å². The van der Waals surface area contributed by atoms with Crippen LogP contribution >= 0.6 is 11.3 Å². The van der Waals surface area contributed by atoms with Crippen LogP contribution in [0.4, 0.5) is 19.6 Å². The van der Waals surface area contributed by atoms with Gasteiger partial charge in [-0.1, -0.05) is 6.07 Å². The van der Waals surface area contributed by atoms with Crippen LogP contribution in [0.2, 0.25) is 0 Å². The third kappa shape index (κ3) is 4.09. The standard InChI is InChI=1S/C18H13F2N3O2S/c1-10(24)21-13-4-2-3-12(7-13)17(25)23-18-22-16(9-26-18)11-5-6-14(19)15(20)8-11/h2-9H,1H3,(H,21,24)(H,22,23,25). The second kappa shape index (κ2) is 7.40.